The number of anilines is 1. The Labute approximate surface area is 158 Å². The maximum Gasteiger partial charge on any atom is 0.271 e. The van der Waals surface area contributed by atoms with E-state index in [1.807, 2.05) is 0 Å². The third-order valence-electron chi connectivity index (χ3n) is 3.75. The SMILES string of the molecule is O=C1NC(=S)N(c2ccccc2)C(=O)[C@@H]1C=Nc1cc([N+](=O)[O-])ccc1O. The number of nitro benzene ring substituents is 1. The predicted octanol–water partition coefficient (Wildman–Crippen LogP) is 2.07. The minimum Gasteiger partial charge on any atom is -0.506 e. The maximum atomic E-state index is 12.7. The van der Waals surface area contributed by atoms with Crippen molar-refractivity contribution < 1.29 is 19.6 Å². The number of non-ortho nitro benzene ring substituents is 1. The van der Waals surface area contributed by atoms with Gasteiger partial charge < -0.3 is 10.4 Å². The molecule has 0 bridgehead atoms. The zero-order chi connectivity index (χ0) is 19.6. The molecule has 2 aromatic carbocycles. The highest BCUT2D eigenvalue weighted by atomic mass is 32.1. The van der Waals surface area contributed by atoms with Crippen molar-refractivity contribution in [3.05, 3.63) is 58.6 Å². The normalized spacial score (nSPS) is 17.3. The Hall–Kier alpha value is -3.66. The number of aromatic hydroxyl groups is 1. The molecule has 0 aromatic heterocycles. The molecule has 1 saturated heterocycles. The largest absolute Gasteiger partial charge is 0.506 e. The lowest BCUT2D eigenvalue weighted by atomic mass is 10.1. The zero-order valence-corrected chi connectivity index (χ0v) is 14.4. The van der Waals surface area contributed by atoms with E-state index in [2.05, 4.69) is 10.3 Å². The number of nitrogens with one attached hydrogen (secondary N) is 1. The molecule has 27 heavy (non-hydrogen) atoms. The van der Waals surface area contributed by atoms with Crippen LogP contribution in [0.15, 0.2) is 53.5 Å². The van der Waals surface area contributed by atoms with Crippen LogP contribution < -0.4 is 10.2 Å². The highest BCUT2D eigenvalue weighted by Gasteiger charge is 2.38. The molecule has 2 aromatic rings. The molecule has 1 aliphatic rings. The van der Waals surface area contributed by atoms with Crippen LogP contribution >= 0.6 is 12.2 Å². The number of nitro groups is 1. The number of hydrogen-bond donors (Lipinski definition) is 2. The van der Waals surface area contributed by atoms with Gasteiger partial charge in [-0.05, 0) is 30.4 Å². The van der Waals surface area contributed by atoms with Crippen LogP contribution in [0, 0.1) is 16.0 Å². The molecule has 2 amide bonds. The lowest BCUT2D eigenvalue weighted by molar-refractivity contribution is -0.384. The second kappa shape index (κ2) is 7.30. The lowest BCUT2D eigenvalue weighted by Gasteiger charge is -2.30. The van der Waals surface area contributed by atoms with Crippen molar-refractivity contribution in [3.8, 4) is 5.75 Å². The van der Waals surface area contributed by atoms with Gasteiger partial charge in [-0.25, -0.2) is 0 Å². The van der Waals surface area contributed by atoms with Gasteiger partial charge in [-0.15, -0.1) is 0 Å². The van der Waals surface area contributed by atoms with Crippen molar-refractivity contribution in [3.63, 3.8) is 0 Å². The fourth-order valence-electron chi connectivity index (χ4n) is 2.43. The fourth-order valence-corrected chi connectivity index (χ4v) is 2.72. The molecule has 1 heterocycles. The van der Waals surface area contributed by atoms with Gasteiger partial charge in [0.15, 0.2) is 11.0 Å². The highest BCUT2D eigenvalue weighted by Crippen LogP contribution is 2.30. The molecule has 1 atom stereocenters. The molecular weight excluding hydrogens is 372 g/mol. The smallest absolute Gasteiger partial charge is 0.271 e. The quantitative estimate of drug-likeness (QED) is 0.273. The minimum atomic E-state index is -1.31. The standard InChI is InChI=1S/C17H12N4O5S/c22-14-7-6-11(21(25)26)8-13(14)18-9-12-15(23)19-17(27)20(16(12)24)10-4-2-1-3-5-10/h1-9,12,22H,(H,19,23,27)/t12-/m1/s1. The number of benzene rings is 2. The Kier molecular flexibility index (Phi) is 4.90. The summed E-state index contributed by atoms with van der Waals surface area (Å²) in [6.07, 6.45) is 1.02. The van der Waals surface area contributed by atoms with Crippen LogP contribution in [0.5, 0.6) is 5.75 Å². The number of hydrogen-bond acceptors (Lipinski definition) is 7. The average Bonchev–Trinajstić information content (AvgIpc) is 2.63. The fraction of sp³-hybridized carbons (Fsp3) is 0.0588. The summed E-state index contributed by atoms with van der Waals surface area (Å²) >= 11 is 5.07. The molecule has 9 nitrogen and oxygen atoms in total. The second-order valence-corrected chi connectivity index (χ2v) is 5.88. The lowest BCUT2D eigenvalue weighted by Crippen LogP contribution is -2.58. The molecule has 10 heteroatoms. The molecule has 0 spiro atoms. The van der Waals surface area contributed by atoms with Gasteiger partial charge in [0.1, 0.15) is 11.4 Å². The topological polar surface area (TPSA) is 125 Å². The Morgan fingerprint density at radius 1 is 1.22 bits per heavy atom. The Morgan fingerprint density at radius 2 is 1.93 bits per heavy atom. The number of phenols is 1. The molecule has 136 valence electrons. The van der Waals surface area contributed by atoms with E-state index in [1.54, 1.807) is 30.3 Å². The van der Waals surface area contributed by atoms with Crippen molar-refractivity contribution in [2.45, 2.75) is 0 Å². The number of aliphatic imine (C=N–C) groups is 1. The van der Waals surface area contributed by atoms with Crippen molar-refractivity contribution in [1.82, 2.24) is 5.32 Å². The van der Waals surface area contributed by atoms with Crippen LogP contribution in [-0.4, -0.2) is 33.2 Å². The molecule has 0 unspecified atom stereocenters. The number of thiocarbonyl (C=S) groups is 1. The summed E-state index contributed by atoms with van der Waals surface area (Å²) in [5.41, 5.74) is 0.0553. The Bertz CT molecular complexity index is 977. The number of amides is 2. The van der Waals surface area contributed by atoms with Crippen LogP contribution in [0.25, 0.3) is 0 Å². The van der Waals surface area contributed by atoms with Gasteiger partial charge in [0.2, 0.25) is 5.91 Å². The maximum absolute atomic E-state index is 12.7. The molecule has 1 aliphatic heterocycles. The Balaban J connectivity index is 1.92. The summed E-state index contributed by atoms with van der Waals surface area (Å²) in [5, 5.41) is 23.0. The summed E-state index contributed by atoms with van der Waals surface area (Å²) in [4.78, 5) is 40.2. The first-order valence-corrected chi connectivity index (χ1v) is 8.05. The summed E-state index contributed by atoms with van der Waals surface area (Å²) in [7, 11) is 0. The number of carbonyl (C=O) groups excluding carboxylic acids is 2. The van der Waals surface area contributed by atoms with Gasteiger partial charge in [-0.2, -0.15) is 0 Å². The second-order valence-electron chi connectivity index (χ2n) is 5.49. The van der Waals surface area contributed by atoms with E-state index in [-0.39, 0.29) is 22.2 Å². The van der Waals surface area contributed by atoms with E-state index in [4.69, 9.17) is 12.2 Å². The first-order chi connectivity index (χ1) is 12.9. The van der Waals surface area contributed by atoms with E-state index in [0.717, 1.165) is 24.4 Å². The third kappa shape index (κ3) is 3.65. The Morgan fingerprint density at radius 3 is 2.59 bits per heavy atom. The van der Waals surface area contributed by atoms with Gasteiger partial charge in [-0.3, -0.25) is 29.6 Å². The van der Waals surface area contributed by atoms with Crippen molar-refractivity contribution in [2.24, 2.45) is 10.9 Å². The van der Waals surface area contributed by atoms with Gasteiger partial charge in [0, 0.05) is 18.3 Å². The van der Waals surface area contributed by atoms with Crippen LogP contribution in [0.3, 0.4) is 0 Å². The molecule has 0 saturated carbocycles. The number of phenolic OH excluding ortho intramolecular Hbond substituents is 1. The molecule has 0 radical (unpaired) electrons. The van der Waals surface area contributed by atoms with E-state index < -0.39 is 22.7 Å². The number of carbonyl (C=O) groups is 2. The van der Waals surface area contributed by atoms with Gasteiger partial charge in [0.05, 0.1) is 10.6 Å². The highest BCUT2D eigenvalue weighted by molar-refractivity contribution is 7.80. The zero-order valence-electron chi connectivity index (χ0n) is 13.6. The van der Waals surface area contributed by atoms with Gasteiger partial charge >= 0.3 is 0 Å². The summed E-state index contributed by atoms with van der Waals surface area (Å²) in [6, 6.07) is 11.8. The van der Waals surface area contributed by atoms with Crippen molar-refractivity contribution in [1.29, 1.82) is 0 Å². The van der Waals surface area contributed by atoms with Crippen LogP contribution in [-0.2, 0) is 9.59 Å². The number of rotatable bonds is 4. The van der Waals surface area contributed by atoms with Gasteiger partial charge in [-0.1, -0.05) is 18.2 Å². The van der Waals surface area contributed by atoms with E-state index in [0.29, 0.717) is 5.69 Å². The molecular formula is C17H12N4O5S. The summed E-state index contributed by atoms with van der Waals surface area (Å²) in [5.74, 6) is -2.93. The van der Waals surface area contributed by atoms with Crippen LogP contribution in [0.1, 0.15) is 0 Å². The summed E-state index contributed by atoms with van der Waals surface area (Å²) < 4.78 is 0. The van der Waals surface area contributed by atoms with Crippen LogP contribution in [0.4, 0.5) is 17.1 Å². The summed E-state index contributed by atoms with van der Waals surface area (Å²) in [6.45, 7) is 0. The molecule has 3 rings (SSSR count). The molecule has 2 N–H and O–H groups in total. The minimum absolute atomic E-state index is 0.0564. The average molecular weight is 384 g/mol. The molecule has 1 fully saturated rings. The predicted molar refractivity (Wildman–Crippen MR) is 101 cm³/mol. The number of nitrogens with zero attached hydrogens (tertiary/aromatic N) is 3. The first kappa shape index (κ1) is 18.1. The van der Waals surface area contributed by atoms with Crippen LogP contribution in [0.2, 0.25) is 0 Å². The van der Waals surface area contributed by atoms with E-state index in [1.165, 1.54) is 4.90 Å². The van der Waals surface area contributed by atoms with Crippen molar-refractivity contribution >= 4 is 52.4 Å². The first-order valence-electron chi connectivity index (χ1n) is 7.64. The van der Waals surface area contributed by atoms with Crippen molar-refractivity contribution in [2.75, 3.05) is 4.90 Å². The molecule has 0 aliphatic carbocycles. The third-order valence-corrected chi connectivity index (χ3v) is 4.03. The van der Waals surface area contributed by atoms with E-state index >= 15 is 0 Å². The van der Waals surface area contributed by atoms with E-state index in [9.17, 15) is 24.8 Å². The monoisotopic (exact) mass is 384 g/mol. The van der Waals surface area contributed by atoms with Gasteiger partial charge in [0.25, 0.3) is 11.6 Å². The number of para-hydroxylation sites is 1.